The Bertz CT molecular complexity index is 737. The molecule has 2 aromatic rings. The molecule has 184 valence electrons. The number of nitrogens with two attached hydrogens (primary N) is 1. The van der Waals surface area contributed by atoms with Gasteiger partial charge in [-0.1, -0.05) is 95.3 Å². The highest BCUT2D eigenvalue weighted by molar-refractivity contribution is 5.85. The number of likely N-dealkylation sites (tertiary alicyclic amines) is 2. The Morgan fingerprint density at radius 1 is 0.727 bits per heavy atom. The second-order valence-corrected chi connectivity index (χ2v) is 11.9. The van der Waals surface area contributed by atoms with Crippen LogP contribution in [-0.4, -0.2) is 42.0 Å². The Morgan fingerprint density at radius 2 is 1.15 bits per heavy atom. The molecule has 0 unspecified atom stereocenters. The summed E-state index contributed by atoms with van der Waals surface area (Å²) in [6.45, 7) is 18.6. The van der Waals surface area contributed by atoms with Gasteiger partial charge in [-0.25, -0.2) is 0 Å². The number of hydrogen-bond acceptors (Lipinski definition) is 3. The summed E-state index contributed by atoms with van der Waals surface area (Å²) < 4.78 is 0. The summed E-state index contributed by atoms with van der Waals surface area (Å²) >= 11 is 0. The summed E-state index contributed by atoms with van der Waals surface area (Å²) in [5, 5.41) is 0. The summed E-state index contributed by atoms with van der Waals surface area (Å²) in [6, 6.07) is 21.8. The molecule has 4 heteroatoms. The fourth-order valence-corrected chi connectivity index (χ4v) is 5.95. The maximum atomic E-state index is 6.11. The van der Waals surface area contributed by atoms with E-state index in [1.807, 2.05) is 0 Å². The molecule has 0 radical (unpaired) electrons. The lowest BCUT2D eigenvalue weighted by Crippen LogP contribution is -2.49. The van der Waals surface area contributed by atoms with Gasteiger partial charge in [0.2, 0.25) is 0 Å². The van der Waals surface area contributed by atoms with Gasteiger partial charge in [0.1, 0.15) is 0 Å². The van der Waals surface area contributed by atoms with Gasteiger partial charge in [-0.2, -0.15) is 0 Å². The fourth-order valence-electron chi connectivity index (χ4n) is 5.95. The quantitative estimate of drug-likeness (QED) is 0.574. The average Bonchev–Trinajstić information content (AvgIpc) is 2.67. The Balaban J connectivity index is 0.000000227. The molecule has 33 heavy (non-hydrogen) atoms. The maximum Gasteiger partial charge on any atom is 0.0234 e. The molecular weight excluding hydrogens is 426 g/mol. The fraction of sp³-hybridized carbons (Fsp3) is 0.586. The second-order valence-electron chi connectivity index (χ2n) is 11.9. The smallest absolute Gasteiger partial charge is 0.0234 e. The third kappa shape index (κ3) is 9.78. The van der Waals surface area contributed by atoms with Crippen molar-refractivity contribution < 1.29 is 0 Å². The van der Waals surface area contributed by atoms with Gasteiger partial charge in [0, 0.05) is 45.3 Å². The minimum atomic E-state index is 0. The minimum Gasteiger partial charge on any atom is -0.327 e. The maximum absolute atomic E-state index is 6.11. The van der Waals surface area contributed by atoms with Gasteiger partial charge in [0.25, 0.3) is 0 Å². The molecule has 2 heterocycles. The lowest BCUT2D eigenvalue weighted by molar-refractivity contribution is 0.0743. The monoisotopic (exact) mass is 471 g/mol. The Hall–Kier alpha value is -1.39. The van der Waals surface area contributed by atoms with Crippen molar-refractivity contribution in [1.82, 2.24) is 9.80 Å². The number of rotatable bonds is 4. The van der Waals surface area contributed by atoms with E-state index in [2.05, 4.69) is 105 Å². The van der Waals surface area contributed by atoms with Crippen LogP contribution in [0.25, 0.3) is 0 Å². The first-order valence-electron chi connectivity index (χ1n) is 12.4. The highest BCUT2D eigenvalue weighted by Crippen LogP contribution is 2.32. The van der Waals surface area contributed by atoms with E-state index in [0.29, 0.717) is 16.9 Å². The predicted octanol–water partition coefficient (Wildman–Crippen LogP) is 6.22. The molecule has 0 amide bonds. The molecule has 0 spiro atoms. The molecule has 2 aliphatic heterocycles. The summed E-state index contributed by atoms with van der Waals surface area (Å²) in [5.41, 5.74) is 9.76. The van der Waals surface area contributed by atoms with Crippen LogP contribution in [0.4, 0.5) is 0 Å². The van der Waals surface area contributed by atoms with Gasteiger partial charge in [-0.3, -0.25) is 9.80 Å². The van der Waals surface area contributed by atoms with Crippen LogP contribution in [0.2, 0.25) is 0 Å². The first kappa shape index (κ1) is 27.9. The van der Waals surface area contributed by atoms with Crippen LogP contribution in [0.5, 0.6) is 0 Å². The van der Waals surface area contributed by atoms with Crippen molar-refractivity contribution in [1.29, 1.82) is 0 Å². The third-order valence-electron chi connectivity index (χ3n) is 6.58. The molecular formula is C29H46ClN3. The summed E-state index contributed by atoms with van der Waals surface area (Å²) in [6.07, 6.45) is 2.50. The second kappa shape index (κ2) is 12.4. The highest BCUT2D eigenvalue weighted by Gasteiger charge is 2.31. The first-order valence-corrected chi connectivity index (χ1v) is 12.4. The van der Waals surface area contributed by atoms with Crippen molar-refractivity contribution in [3.8, 4) is 0 Å². The van der Waals surface area contributed by atoms with E-state index in [-0.39, 0.29) is 12.4 Å². The molecule has 2 fully saturated rings. The SMILES string of the molecule is CC1(C)C[C@H](N)CN(Cc2ccccc2)C1.C[C@@H]1CN(Cc2ccccc2)CC(C)(C)C1.Cl. The molecule has 2 aliphatic rings. The van der Waals surface area contributed by atoms with Crippen molar-refractivity contribution >= 4 is 12.4 Å². The minimum absolute atomic E-state index is 0. The lowest BCUT2D eigenvalue weighted by atomic mass is 9.79. The van der Waals surface area contributed by atoms with Crippen LogP contribution in [0.1, 0.15) is 58.6 Å². The van der Waals surface area contributed by atoms with E-state index in [4.69, 9.17) is 5.73 Å². The molecule has 0 bridgehead atoms. The number of hydrogen-bond donors (Lipinski definition) is 1. The van der Waals surface area contributed by atoms with Crippen LogP contribution in [0, 0.1) is 16.7 Å². The molecule has 2 atom stereocenters. The van der Waals surface area contributed by atoms with E-state index >= 15 is 0 Å². The van der Waals surface area contributed by atoms with E-state index in [1.165, 1.54) is 30.6 Å². The van der Waals surface area contributed by atoms with Crippen molar-refractivity contribution in [2.24, 2.45) is 22.5 Å². The van der Waals surface area contributed by atoms with Gasteiger partial charge in [-0.05, 0) is 40.7 Å². The molecule has 4 rings (SSSR count). The summed E-state index contributed by atoms with van der Waals surface area (Å²) in [7, 11) is 0. The van der Waals surface area contributed by atoms with E-state index in [9.17, 15) is 0 Å². The normalized spacial score (nSPS) is 24.8. The molecule has 3 nitrogen and oxygen atoms in total. The zero-order chi connectivity index (χ0) is 23.2. The van der Waals surface area contributed by atoms with Crippen LogP contribution in [0.3, 0.4) is 0 Å². The van der Waals surface area contributed by atoms with Crippen LogP contribution in [0.15, 0.2) is 60.7 Å². The van der Waals surface area contributed by atoms with E-state index in [0.717, 1.165) is 38.5 Å². The molecule has 2 aromatic carbocycles. The van der Waals surface area contributed by atoms with Crippen molar-refractivity contribution in [3.05, 3.63) is 71.8 Å². The molecule has 0 saturated carbocycles. The van der Waals surface area contributed by atoms with Gasteiger partial charge in [0.05, 0.1) is 0 Å². The highest BCUT2D eigenvalue weighted by atomic mass is 35.5. The van der Waals surface area contributed by atoms with Crippen LogP contribution < -0.4 is 5.73 Å². The Morgan fingerprint density at radius 3 is 1.58 bits per heavy atom. The molecule has 0 aromatic heterocycles. The Kier molecular flexibility index (Phi) is 10.4. The topological polar surface area (TPSA) is 32.5 Å². The van der Waals surface area contributed by atoms with E-state index < -0.39 is 0 Å². The van der Waals surface area contributed by atoms with Crippen molar-refractivity contribution in [3.63, 3.8) is 0 Å². The van der Waals surface area contributed by atoms with Gasteiger partial charge in [0.15, 0.2) is 0 Å². The predicted molar refractivity (Wildman–Crippen MR) is 145 cm³/mol. The van der Waals surface area contributed by atoms with Crippen molar-refractivity contribution in [2.45, 2.75) is 66.6 Å². The lowest BCUT2D eigenvalue weighted by Gasteiger charge is -2.41. The summed E-state index contributed by atoms with van der Waals surface area (Å²) in [4.78, 5) is 5.08. The number of nitrogens with zero attached hydrogens (tertiary/aromatic N) is 2. The third-order valence-corrected chi connectivity index (χ3v) is 6.58. The van der Waals surface area contributed by atoms with Gasteiger partial charge in [-0.15, -0.1) is 12.4 Å². The van der Waals surface area contributed by atoms with E-state index in [1.54, 1.807) is 0 Å². The van der Waals surface area contributed by atoms with Crippen molar-refractivity contribution in [2.75, 3.05) is 26.2 Å². The molecule has 2 N–H and O–H groups in total. The van der Waals surface area contributed by atoms with Gasteiger partial charge >= 0.3 is 0 Å². The zero-order valence-electron chi connectivity index (χ0n) is 21.5. The summed E-state index contributed by atoms with van der Waals surface area (Å²) in [5.74, 6) is 0.826. The number of halogens is 1. The average molecular weight is 472 g/mol. The van der Waals surface area contributed by atoms with Gasteiger partial charge < -0.3 is 5.73 Å². The van der Waals surface area contributed by atoms with Crippen LogP contribution in [-0.2, 0) is 13.1 Å². The molecule has 0 aliphatic carbocycles. The zero-order valence-corrected chi connectivity index (χ0v) is 22.3. The molecule has 2 saturated heterocycles. The largest absolute Gasteiger partial charge is 0.327 e. The Labute approximate surface area is 209 Å². The first-order chi connectivity index (χ1) is 15.1. The number of piperidine rings is 2. The standard InChI is InChI=1S/C15H23N.C14H22N2.ClH/c1-13-9-15(2,3)12-16(10-13)11-14-7-5-4-6-8-14;1-14(2)8-13(15)10-16(11-14)9-12-6-4-3-5-7-12;/h4-8,13H,9-12H2,1-3H3;3-7,13H,8-11,15H2,1-2H3;1H/t2*13-;/m00./s1. The van der Waals surface area contributed by atoms with Crippen LogP contribution >= 0.6 is 12.4 Å². The number of benzene rings is 2.